The molecule has 0 bridgehead atoms. The molecule has 0 aromatic rings. The average Bonchev–Trinajstić information content (AvgIpc) is 2.58. The fourth-order valence-corrected chi connectivity index (χ4v) is 3.11. The molecule has 3 nitrogen and oxygen atoms in total. The van der Waals surface area contributed by atoms with Gasteiger partial charge in [-0.2, -0.15) is 0 Å². The summed E-state index contributed by atoms with van der Waals surface area (Å²) in [6.07, 6.45) is 6.69. The van der Waals surface area contributed by atoms with Gasteiger partial charge in [0.25, 0.3) is 0 Å². The summed E-state index contributed by atoms with van der Waals surface area (Å²) < 4.78 is 0. The summed E-state index contributed by atoms with van der Waals surface area (Å²) in [6, 6.07) is 0.779. The summed E-state index contributed by atoms with van der Waals surface area (Å²) in [5, 5.41) is 3.54. The molecule has 120 valence electrons. The van der Waals surface area contributed by atoms with Crippen LogP contribution in [0.4, 0.5) is 0 Å². The molecule has 0 aromatic heterocycles. The lowest BCUT2D eigenvalue weighted by molar-refractivity contribution is 0.180. The molecule has 1 fully saturated rings. The molecule has 0 amide bonds. The number of rotatable bonds is 9. The van der Waals surface area contributed by atoms with E-state index in [-0.39, 0.29) is 0 Å². The van der Waals surface area contributed by atoms with Crippen molar-refractivity contribution in [1.29, 1.82) is 0 Å². The van der Waals surface area contributed by atoms with Crippen LogP contribution in [0.2, 0.25) is 0 Å². The minimum absolute atomic E-state index is 0.773. The fourth-order valence-electron chi connectivity index (χ4n) is 3.11. The second-order valence-electron chi connectivity index (χ2n) is 6.87. The van der Waals surface area contributed by atoms with Crippen LogP contribution in [0.15, 0.2) is 0 Å². The van der Waals surface area contributed by atoms with E-state index in [9.17, 15) is 0 Å². The van der Waals surface area contributed by atoms with E-state index in [4.69, 9.17) is 0 Å². The van der Waals surface area contributed by atoms with Gasteiger partial charge in [0.05, 0.1) is 0 Å². The Kier molecular flexibility index (Phi) is 9.49. The van der Waals surface area contributed by atoms with E-state index in [2.05, 4.69) is 42.9 Å². The molecular weight excluding hydrogens is 246 g/mol. The Morgan fingerprint density at radius 2 is 1.95 bits per heavy atom. The molecular formula is C17H37N3. The Bertz CT molecular complexity index is 230. The maximum atomic E-state index is 3.54. The second-order valence-corrected chi connectivity index (χ2v) is 6.87. The Hall–Kier alpha value is -0.120. The van der Waals surface area contributed by atoms with Gasteiger partial charge in [-0.15, -0.1) is 0 Å². The number of hydrogen-bond donors (Lipinski definition) is 1. The zero-order chi connectivity index (χ0) is 14.8. The Morgan fingerprint density at radius 1 is 1.15 bits per heavy atom. The van der Waals surface area contributed by atoms with E-state index in [1.165, 1.54) is 64.8 Å². The molecule has 1 aliphatic rings. The quantitative estimate of drug-likeness (QED) is 0.657. The summed E-state index contributed by atoms with van der Waals surface area (Å²) in [5.41, 5.74) is 0. The van der Waals surface area contributed by atoms with Gasteiger partial charge in [0.1, 0.15) is 0 Å². The lowest BCUT2D eigenvalue weighted by Gasteiger charge is -2.30. The van der Waals surface area contributed by atoms with E-state index >= 15 is 0 Å². The predicted molar refractivity (Wildman–Crippen MR) is 89.3 cm³/mol. The molecule has 1 aliphatic heterocycles. The van der Waals surface area contributed by atoms with Gasteiger partial charge in [0.2, 0.25) is 0 Å². The standard InChI is InChI=1S/C17H37N3/c1-5-17-15-19(4)11-9-13-20(17)12-8-6-7-10-18-14-16(2)3/h16-18H,5-15H2,1-4H3. The second kappa shape index (κ2) is 10.6. The summed E-state index contributed by atoms with van der Waals surface area (Å²) in [5.74, 6) is 0.773. The smallest absolute Gasteiger partial charge is 0.0220 e. The van der Waals surface area contributed by atoms with E-state index in [0.717, 1.165) is 18.5 Å². The number of hydrogen-bond acceptors (Lipinski definition) is 3. The molecule has 1 unspecified atom stereocenters. The third kappa shape index (κ3) is 7.61. The Morgan fingerprint density at radius 3 is 2.65 bits per heavy atom. The highest BCUT2D eigenvalue weighted by Gasteiger charge is 2.20. The largest absolute Gasteiger partial charge is 0.316 e. The highest BCUT2D eigenvalue weighted by atomic mass is 15.2. The molecule has 0 saturated carbocycles. The molecule has 1 heterocycles. The monoisotopic (exact) mass is 283 g/mol. The lowest BCUT2D eigenvalue weighted by Crippen LogP contribution is -2.40. The molecule has 0 aliphatic carbocycles. The van der Waals surface area contributed by atoms with Gasteiger partial charge in [-0.1, -0.05) is 27.2 Å². The van der Waals surface area contributed by atoms with Crippen molar-refractivity contribution in [3.05, 3.63) is 0 Å². The van der Waals surface area contributed by atoms with Crippen molar-refractivity contribution in [2.75, 3.05) is 46.3 Å². The van der Waals surface area contributed by atoms with Crippen LogP contribution in [-0.4, -0.2) is 62.2 Å². The first-order valence-corrected chi connectivity index (χ1v) is 8.76. The zero-order valence-corrected chi connectivity index (χ0v) is 14.3. The van der Waals surface area contributed by atoms with Crippen LogP contribution < -0.4 is 5.32 Å². The minimum atomic E-state index is 0.773. The lowest BCUT2D eigenvalue weighted by atomic mass is 10.1. The van der Waals surface area contributed by atoms with Crippen molar-refractivity contribution >= 4 is 0 Å². The molecule has 1 N–H and O–H groups in total. The maximum absolute atomic E-state index is 3.54. The highest BCUT2D eigenvalue weighted by molar-refractivity contribution is 4.77. The number of likely N-dealkylation sites (N-methyl/N-ethyl adjacent to an activating group) is 1. The van der Waals surface area contributed by atoms with Crippen molar-refractivity contribution in [3.8, 4) is 0 Å². The first-order chi connectivity index (χ1) is 9.63. The van der Waals surface area contributed by atoms with Gasteiger partial charge < -0.3 is 10.2 Å². The SMILES string of the molecule is CCC1CN(C)CCCN1CCCCCNCC(C)C. The maximum Gasteiger partial charge on any atom is 0.0220 e. The summed E-state index contributed by atoms with van der Waals surface area (Å²) in [7, 11) is 2.27. The third-order valence-electron chi connectivity index (χ3n) is 4.35. The van der Waals surface area contributed by atoms with Crippen LogP contribution in [0.1, 0.15) is 52.9 Å². The minimum Gasteiger partial charge on any atom is -0.316 e. The van der Waals surface area contributed by atoms with Crippen molar-refractivity contribution in [2.45, 2.75) is 58.9 Å². The van der Waals surface area contributed by atoms with Gasteiger partial charge in [-0.25, -0.2) is 0 Å². The van der Waals surface area contributed by atoms with Crippen molar-refractivity contribution < 1.29 is 0 Å². The van der Waals surface area contributed by atoms with E-state index in [1.807, 2.05) is 0 Å². The highest BCUT2D eigenvalue weighted by Crippen LogP contribution is 2.13. The predicted octanol–water partition coefficient (Wildman–Crippen LogP) is 2.82. The van der Waals surface area contributed by atoms with Crippen LogP contribution in [0.5, 0.6) is 0 Å². The number of nitrogens with zero attached hydrogens (tertiary/aromatic N) is 2. The fraction of sp³-hybridized carbons (Fsp3) is 1.00. The Labute approximate surface area is 127 Å². The van der Waals surface area contributed by atoms with Gasteiger partial charge in [0.15, 0.2) is 0 Å². The van der Waals surface area contributed by atoms with Crippen LogP contribution in [0, 0.1) is 5.92 Å². The topological polar surface area (TPSA) is 18.5 Å². The molecule has 0 aromatic carbocycles. The van der Waals surface area contributed by atoms with Gasteiger partial charge in [0, 0.05) is 12.6 Å². The molecule has 0 spiro atoms. The first kappa shape index (κ1) is 17.9. The first-order valence-electron chi connectivity index (χ1n) is 8.76. The summed E-state index contributed by atoms with van der Waals surface area (Å²) in [6.45, 7) is 14.4. The number of nitrogens with one attached hydrogen (secondary N) is 1. The van der Waals surface area contributed by atoms with Crippen molar-refractivity contribution in [3.63, 3.8) is 0 Å². The molecule has 0 radical (unpaired) electrons. The van der Waals surface area contributed by atoms with Gasteiger partial charge >= 0.3 is 0 Å². The van der Waals surface area contributed by atoms with Crippen LogP contribution in [0.3, 0.4) is 0 Å². The third-order valence-corrected chi connectivity index (χ3v) is 4.35. The van der Waals surface area contributed by atoms with Crippen molar-refractivity contribution in [2.24, 2.45) is 5.92 Å². The summed E-state index contributed by atoms with van der Waals surface area (Å²) >= 11 is 0. The van der Waals surface area contributed by atoms with Gasteiger partial charge in [-0.05, 0) is 71.4 Å². The van der Waals surface area contributed by atoms with Crippen LogP contribution in [-0.2, 0) is 0 Å². The van der Waals surface area contributed by atoms with Crippen LogP contribution in [0.25, 0.3) is 0 Å². The molecule has 1 rings (SSSR count). The summed E-state index contributed by atoms with van der Waals surface area (Å²) in [4.78, 5) is 5.25. The molecule has 1 atom stereocenters. The number of unbranched alkanes of at least 4 members (excludes halogenated alkanes) is 2. The zero-order valence-electron chi connectivity index (χ0n) is 14.3. The normalized spacial score (nSPS) is 22.4. The average molecular weight is 284 g/mol. The Balaban J connectivity index is 2.10. The van der Waals surface area contributed by atoms with E-state index < -0.39 is 0 Å². The van der Waals surface area contributed by atoms with Crippen LogP contribution >= 0.6 is 0 Å². The van der Waals surface area contributed by atoms with E-state index in [1.54, 1.807) is 0 Å². The van der Waals surface area contributed by atoms with E-state index in [0.29, 0.717) is 0 Å². The molecule has 20 heavy (non-hydrogen) atoms. The van der Waals surface area contributed by atoms with Gasteiger partial charge in [-0.3, -0.25) is 4.90 Å². The molecule has 1 saturated heterocycles. The van der Waals surface area contributed by atoms with Crippen molar-refractivity contribution in [1.82, 2.24) is 15.1 Å². The molecule has 3 heteroatoms.